The van der Waals surface area contributed by atoms with E-state index in [9.17, 15) is 9.59 Å². The number of amides is 1. The maximum absolute atomic E-state index is 12.5. The predicted molar refractivity (Wildman–Crippen MR) is 114 cm³/mol. The molecular weight excluding hydrogens is 362 g/mol. The van der Waals surface area contributed by atoms with Gasteiger partial charge >= 0.3 is 0 Å². The van der Waals surface area contributed by atoms with Gasteiger partial charge in [-0.1, -0.05) is 42.5 Å². The van der Waals surface area contributed by atoms with Crippen LogP contribution in [0, 0.1) is 0 Å². The molecule has 3 aromatic carbocycles. The number of aryl methyl sites for hydroxylation is 1. The molecule has 1 N–H and O–H groups in total. The van der Waals surface area contributed by atoms with Gasteiger partial charge in [-0.15, -0.1) is 0 Å². The lowest BCUT2D eigenvalue weighted by atomic mass is 10.1. The second-order valence-electron chi connectivity index (χ2n) is 7.26. The Bertz CT molecular complexity index is 1310. The van der Waals surface area contributed by atoms with Gasteiger partial charge in [0.1, 0.15) is 0 Å². The quantitative estimate of drug-likeness (QED) is 0.512. The predicted octanol–water partition coefficient (Wildman–Crippen LogP) is 4.00. The average Bonchev–Trinajstić information content (AvgIpc) is 3.11. The monoisotopic (exact) mass is 381 g/mol. The van der Waals surface area contributed by atoms with Crippen LogP contribution in [0.3, 0.4) is 0 Å². The molecule has 0 radical (unpaired) electrons. The first-order chi connectivity index (χ1) is 14.2. The lowest BCUT2D eigenvalue weighted by Crippen LogP contribution is -2.23. The van der Waals surface area contributed by atoms with E-state index in [0.29, 0.717) is 17.4 Å². The molecule has 0 unspecified atom stereocenters. The summed E-state index contributed by atoms with van der Waals surface area (Å²) < 4.78 is 1.49. The fraction of sp³-hybridized carbons (Fsp3) is 0.125. The molecule has 1 amide bonds. The Morgan fingerprint density at radius 2 is 1.76 bits per heavy atom. The van der Waals surface area contributed by atoms with Crippen LogP contribution in [0.1, 0.15) is 17.5 Å². The van der Waals surface area contributed by atoms with Crippen LogP contribution in [-0.4, -0.2) is 15.5 Å². The highest BCUT2D eigenvalue weighted by Gasteiger charge is 2.18. The Morgan fingerprint density at radius 3 is 2.69 bits per heavy atom. The third-order valence-corrected chi connectivity index (χ3v) is 5.39. The lowest BCUT2D eigenvalue weighted by Gasteiger charge is -2.09. The summed E-state index contributed by atoms with van der Waals surface area (Å²) in [5.41, 5.74) is 6.35. The SMILES string of the molecule is O=C(CCn1cnc2ccccc2c1=O)Nc1ccc2c(c1)Cc1ccccc1-2. The third kappa shape index (κ3) is 3.21. The normalized spacial score (nSPS) is 11.9. The molecule has 0 bridgehead atoms. The summed E-state index contributed by atoms with van der Waals surface area (Å²) >= 11 is 0. The zero-order valence-corrected chi connectivity index (χ0v) is 15.8. The van der Waals surface area contributed by atoms with Gasteiger partial charge in [-0.3, -0.25) is 14.2 Å². The molecule has 1 heterocycles. The van der Waals surface area contributed by atoms with E-state index in [1.165, 1.54) is 33.1 Å². The van der Waals surface area contributed by atoms with Crippen molar-refractivity contribution >= 4 is 22.5 Å². The van der Waals surface area contributed by atoms with Crippen LogP contribution in [0.5, 0.6) is 0 Å². The van der Waals surface area contributed by atoms with E-state index in [1.54, 1.807) is 12.1 Å². The van der Waals surface area contributed by atoms with Gasteiger partial charge in [-0.25, -0.2) is 4.98 Å². The number of carbonyl (C=O) groups is 1. The second-order valence-corrected chi connectivity index (χ2v) is 7.26. The van der Waals surface area contributed by atoms with Gasteiger partial charge in [0.15, 0.2) is 0 Å². The van der Waals surface area contributed by atoms with Crippen LogP contribution in [-0.2, 0) is 17.8 Å². The van der Waals surface area contributed by atoms with Crippen LogP contribution < -0.4 is 10.9 Å². The van der Waals surface area contributed by atoms with Crippen LogP contribution in [0.4, 0.5) is 5.69 Å². The molecule has 0 fully saturated rings. The van der Waals surface area contributed by atoms with E-state index in [-0.39, 0.29) is 17.9 Å². The maximum atomic E-state index is 12.5. The number of fused-ring (bicyclic) bond motifs is 4. The van der Waals surface area contributed by atoms with Gasteiger partial charge in [0.05, 0.1) is 17.2 Å². The van der Waals surface area contributed by atoms with E-state index in [0.717, 1.165) is 12.1 Å². The van der Waals surface area contributed by atoms with E-state index in [2.05, 4.69) is 34.6 Å². The smallest absolute Gasteiger partial charge is 0.261 e. The number of carbonyl (C=O) groups excluding carboxylic acids is 1. The number of nitrogens with one attached hydrogen (secondary N) is 1. The van der Waals surface area contributed by atoms with Crippen molar-refractivity contribution in [1.29, 1.82) is 0 Å². The van der Waals surface area contributed by atoms with Crippen LogP contribution in [0.15, 0.2) is 77.9 Å². The first-order valence-corrected chi connectivity index (χ1v) is 9.64. The van der Waals surface area contributed by atoms with Gasteiger partial charge < -0.3 is 5.32 Å². The topological polar surface area (TPSA) is 64.0 Å². The van der Waals surface area contributed by atoms with Gasteiger partial charge in [-0.05, 0) is 52.9 Å². The van der Waals surface area contributed by atoms with Crippen LogP contribution in [0.25, 0.3) is 22.0 Å². The summed E-state index contributed by atoms with van der Waals surface area (Å²) in [5, 5.41) is 3.51. The average molecular weight is 381 g/mol. The molecule has 5 heteroatoms. The second kappa shape index (κ2) is 7.02. The third-order valence-electron chi connectivity index (χ3n) is 5.39. The number of hydrogen-bond acceptors (Lipinski definition) is 3. The number of rotatable bonds is 4. The molecule has 29 heavy (non-hydrogen) atoms. The van der Waals surface area contributed by atoms with E-state index < -0.39 is 0 Å². The Balaban J connectivity index is 1.28. The number of anilines is 1. The summed E-state index contributed by atoms with van der Waals surface area (Å²) in [6, 6.07) is 21.6. The molecular formula is C24H19N3O2. The lowest BCUT2D eigenvalue weighted by molar-refractivity contribution is -0.116. The van der Waals surface area contributed by atoms with Gasteiger partial charge in [0, 0.05) is 18.7 Å². The van der Waals surface area contributed by atoms with Crippen molar-refractivity contribution in [3.63, 3.8) is 0 Å². The zero-order chi connectivity index (χ0) is 19.8. The number of aromatic nitrogens is 2. The minimum Gasteiger partial charge on any atom is -0.326 e. The van der Waals surface area contributed by atoms with E-state index >= 15 is 0 Å². The fourth-order valence-corrected chi connectivity index (χ4v) is 3.93. The van der Waals surface area contributed by atoms with E-state index in [1.807, 2.05) is 30.3 Å². The molecule has 0 spiro atoms. The molecule has 1 aliphatic carbocycles. The fourth-order valence-electron chi connectivity index (χ4n) is 3.93. The highest BCUT2D eigenvalue weighted by Crippen LogP contribution is 2.37. The molecule has 142 valence electrons. The summed E-state index contributed by atoms with van der Waals surface area (Å²) in [6.07, 6.45) is 2.59. The Kier molecular flexibility index (Phi) is 4.21. The first kappa shape index (κ1) is 17.4. The number of hydrogen-bond donors (Lipinski definition) is 1. The molecule has 1 aliphatic rings. The van der Waals surface area contributed by atoms with Crippen molar-refractivity contribution in [2.75, 3.05) is 5.32 Å². The molecule has 0 atom stereocenters. The molecule has 4 aromatic rings. The van der Waals surface area contributed by atoms with Crippen LogP contribution >= 0.6 is 0 Å². The highest BCUT2D eigenvalue weighted by atomic mass is 16.1. The standard InChI is InChI=1S/C24H19N3O2/c28-23(11-12-27-15-25-22-8-4-3-7-21(22)24(27)29)26-18-9-10-20-17(14-18)13-16-5-1-2-6-19(16)20/h1-10,14-15H,11-13H2,(H,26,28). The molecule has 0 saturated heterocycles. The largest absolute Gasteiger partial charge is 0.326 e. The molecule has 0 aliphatic heterocycles. The summed E-state index contributed by atoms with van der Waals surface area (Å²) in [4.78, 5) is 29.3. The van der Waals surface area contributed by atoms with Crippen molar-refractivity contribution in [2.45, 2.75) is 19.4 Å². The van der Waals surface area contributed by atoms with E-state index in [4.69, 9.17) is 0 Å². The van der Waals surface area contributed by atoms with Gasteiger partial charge in [0.25, 0.3) is 5.56 Å². The summed E-state index contributed by atoms with van der Waals surface area (Å²) in [6.45, 7) is 0.291. The molecule has 5 nitrogen and oxygen atoms in total. The van der Waals surface area contributed by atoms with Crippen molar-refractivity contribution in [3.8, 4) is 11.1 Å². The van der Waals surface area contributed by atoms with Crippen molar-refractivity contribution in [1.82, 2.24) is 9.55 Å². The molecule has 5 rings (SSSR count). The minimum atomic E-state index is -0.126. The molecule has 0 saturated carbocycles. The Hall–Kier alpha value is -3.73. The van der Waals surface area contributed by atoms with Gasteiger partial charge in [-0.2, -0.15) is 0 Å². The van der Waals surface area contributed by atoms with Crippen molar-refractivity contribution in [2.24, 2.45) is 0 Å². The summed E-state index contributed by atoms with van der Waals surface area (Å²) in [5.74, 6) is -0.125. The zero-order valence-electron chi connectivity index (χ0n) is 15.8. The maximum Gasteiger partial charge on any atom is 0.261 e. The van der Waals surface area contributed by atoms with Crippen LogP contribution in [0.2, 0.25) is 0 Å². The Labute approximate surface area is 167 Å². The highest BCUT2D eigenvalue weighted by molar-refractivity contribution is 5.91. The van der Waals surface area contributed by atoms with Crippen molar-refractivity contribution in [3.05, 3.63) is 94.5 Å². The van der Waals surface area contributed by atoms with Crippen molar-refractivity contribution < 1.29 is 4.79 Å². The molecule has 1 aromatic heterocycles. The summed E-state index contributed by atoms with van der Waals surface area (Å²) in [7, 11) is 0. The number of para-hydroxylation sites is 1. The number of benzene rings is 3. The number of nitrogens with zero attached hydrogens (tertiary/aromatic N) is 2. The van der Waals surface area contributed by atoms with Gasteiger partial charge in [0.2, 0.25) is 5.91 Å². The first-order valence-electron chi connectivity index (χ1n) is 9.64. The Morgan fingerprint density at radius 1 is 0.966 bits per heavy atom. The minimum absolute atomic E-state index is 0.125.